The van der Waals surface area contributed by atoms with Crippen LogP contribution in [-0.4, -0.2) is 38.2 Å². The Morgan fingerprint density at radius 3 is 2.63 bits per heavy atom. The molecule has 0 saturated carbocycles. The molecule has 27 heavy (non-hydrogen) atoms. The Bertz CT molecular complexity index is 790. The lowest BCUT2D eigenvalue weighted by molar-refractivity contribution is -0.119. The van der Waals surface area contributed by atoms with E-state index < -0.39 is 0 Å². The molecule has 0 unspecified atom stereocenters. The van der Waals surface area contributed by atoms with Gasteiger partial charge in [-0.25, -0.2) is 0 Å². The van der Waals surface area contributed by atoms with Gasteiger partial charge in [0.05, 0.1) is 5.75 Å². The molecule has 0 bridgehead atoms. The van der Waals surface area contributed by atoms with Gasteiger partial charge in [0.1, 0.15) is 0 Å². The van der Waals surface area contributed by atoms with Gasteiger partial charge in [0.15, 0.2) is 11.5 Å². The summed E-state index contributed by atoms with van der Waals surface area (Å²) in [4.78, 5) is 13.5. The van der Waals surface area contributed by atoms with E-state index in [1.807, 2.05) is 36.4 Å². The average Bonchev–Trinajstić information content (AvgIpc) is 3.20. The first-order chi connectivity index (χ1) is 13.3. The molecule has 1 fully saturated rings. The summed E-state index contributed by atoms with van der Waals surface area (Å²) in [5.41, 5.74) is 1.04. The van der Waals surface area contributed by atoms with E-state index in [1.165, 1.54) is 5.56 Å². The van der Waals surface area contributed by atoms with E-state index in [4.69, 9.17) is 14.2 Å². The van der Waals surface area contributed by atoms with Crippen LogP contribution < -0.4 is 14.8 Å². The lowest BCUT2D eigenvalue weighted by atomic mass is 9.74. The van der Waals surface area contributed by atoms with Gasteiger partial charge in [-0.2, -0.15) is 0 Å². The van der Waals surface area contributed by atoms with Gasteiger partial charge in [-0.05, 0) is 42.7 Å². The van der Waals surface area contributed by atoms with Crippen LogP contribution in [-0.2, 0) is 14.9 Å². The summed E-state index contributed by atoms with van der Waals surface area (Å²) < 4.78 is 16.5. The molecule has 1 amide bonds. The van der Waals surface area contributed by atoms with Crippen molar-refractivity contribution in [3.8, 4) is 11.5 Å². The van der Waals surface area contributed by atoms with Gasteiger partial charge in [0.2, 0.25) is 12.7 Å². The molecule has 4 rings (SSSR count). The number of thioether (sulfide) groups is 1. The second-order valence-corrected chi connectivity index (χ2v) is 7.89. The summed E-state index contributed by atoms with van der Waals surface area (Å²) in [5, 5.41) is 3.14. The predicted octanol–water partition coefficient (Wildman–Crippen LogP) is 3.37. The maximum atomic E-state index is 12.4. The summed E-state index contributed by atoms with van der Waals surface area (Å²) in [5.74, 6) is 2.03. The predicted molar refractivity (Wildman–Crippen MR) is 104 cm³/mol. The van der Waals surface area contributed by atoms with Crippen LogP contribution in [0.5, 0.6) is 11.5 Å². The van der Waals surface area contributed by atoms with Crippen LogP contribution in [0, 0.1) is 0 Å². The Hall–Kier alpha value is -2.18. The molecular weight excluding hydrogens is 362 g/mol. The van der Waals surface area contributed by atoms with E-state index in [9.17, 15) is 4.79 Å². The largest absolute Gasteiger partial charge is 0.454 e. The summed E-state index contributed by atoms with van der Waals surface area (Å²) in [7, 11) is 0. The van der Waals surface area contributed by atoms with Gasteiger partial charge < -0.3 is 19.5 Å². The highest BCUT2D eigenvalue weighted by atomic mass is 32.2. The fourth-order valence-electron chi connectivity index (χ4n) is 3.54. The van der Waals surface area contributed by atoms with E-state index in [0.29, 0.717) is 25.5 Å². The Morgan fingerprint density at radius 1 is 1.04 bits per heavy atom. The Balaban J connectivity index is 1.42. The highest BCUT2D eigenvalue weighted by Crippen LogP contribution is 2.40. The zero-order valence-corrected chi connectivity index (χ0v) is 15.9. The van der Waals surface area contributed by atoms with E-state index in [0.717, 1.165) is 29.2 Å². The number of carbonyl (C=O) groups is 1. The monoisotopic (exact) mass is 385 g/mol. The maximum Gasteiger partial charge on any atom is 0.231 e. The standard InChI is InChI=1S/C21H23NO4S/c23-20(13-27-17-4-2-1-3-5-17)22-14-21(8-10-24-11-9-21)16-6-7-18-19(12-16)26-15-25-18/h1-7,12H,8-11,13-15H2,(H,22,23). The molecule has 0 spiro atoms. The lowest BCUT2D eigenvalue weighted by Gasteiger charge is -2.38. The quantitative estimate of drug-likeness (QED) is 0.773. The molecular formula is C21H23NO4S. The summed E-state index contributed by atoms with van der Waals surface area (Å²) in [6.45, 7) is 2.26. The minimum atomic E-state index is -0.133. The van der Waals surface area contributed by atoms with E-state index >= 15 is 0 Å². The van der Waals surface area contributed by atoms with E-state index in [2.05, 4.69) is 17.4 Å². The molecule has 2 aromatic carbocycles. The van der Waals surface area contributed by atoms with Crippen molar-refractivity contribution in [2.24, 2.45) is 0 Å². The number of rotatable bonds is 6. The van der Waals surface area contributed by atoms with Crippen molar-refractivity contribution >= 4 is 17.7 Å². The zero-order chi connectivity index (χ0) is 18.5. The number of amides is 1. The molecule has 0 aromatic heterocycles. The van der Waals surface area contributed by atoms with Crippen LogP contribution in [0.25, 0.3) is 0 Å². The molecule has 0 atom stereocenters. The van der Waals surface area contributed by atoms with Crippen LogP contribution in [0.2, 0.25) is 0 Å². The van der Waals surface area contributed by atoms with Crippen molar-refractivity contribution in [3.05, 3.63) is 54.1 Å². The van der Waals surface area contributed by atoms with Crippen molar-refractivity contribution in [1.29, 1.82) is 0 Å². The molecule has 142 valence electrons. The third kappa shape index (κ3) is 4.22. The summed E-state index contributed by atoms with van der Waals surface area (Å²) in [6.07, 6.45) is 1.75. The van der Waals surface area contributed by atoms with Crippen molar-refractivity contribution < 1.29 is 19.0 Å². The minimum absolute atomic E-state index is 0.0514. The smallest absolute Gasteiger partial charge is 0.231 e. The normalized spacial score (nSPS) is 17.5. The van der Waals surface area contributed by atoms with Crippen molar-refractivity contribution in [3.63, 3.8) is 0 Å². The Labute approximate surface area is 163 Å². The van der Waals surface area contributed by atoms with Gasteiger partial charge >= 0.3 is 0 Å². The third-order valence-electron chi connectivity index (χ3n) is 5.17. The van der Waals surface area contributed by atoms with Crippen LogP contribution in [0.4, 0.5) is 0 Å². The highest BCUT2D eigenvalue weighted by Gasteiger charge is 2.36. The molecule has 6 heteroatoms. The minimum Gasteiger partial charge on any atom is -0.454 e. The van der Waals surface area contributed by atoms with Crippen LogP contribution in [0.1, 0.15) is 18.4 Å². The second kappa shape index (κ2) is 8.23. The third-order valence-corrected chi connectivity index (χ3v) is 6.18. The average molecular weight is 385 g/mol. The number of hydrogen-bond acceptors (Lipinski definition) is 5. The van der Waals surface area contributed by atoms with Gasteiger partial charge in [0.25, 0.3) is 0 Å². The summed E-state index contributed by atoms with van der Waals surface area (Å²) in [6, 6.07) is 16.1. The van der Waals surface area contributed by atoms with Crippen molar-refractivity contribution in [2.45, 2.75) is 23.2 Å². The number of carbonyl (C=O) groups excluding carboxylic acids is 1. The first kappa shape index (κ1) is 18.2. The molecule has 1 saturated heterocycles. The molecule has 1 N–H and O–H groups in total. The fourth-order valence-corrected chi connectivity index (χ4v) is 4.29. The number of ether oxygens (including phenoxy) is 3. The van der Waals surface area contributed by atoms with Gasteiger partial charge in [-0.15, -0.1) is 11.8 Å². The second-order valence-electron chi connectivity index (χ2n) is 6.84. The number of hydrogen-bond donors (Lipinski definition) is 1. The summed E-state index contributed by atoms with van der Waals surface area (Å²) >= 11 is 1.55. The molecule has 2 aliphatic rings. The van der Waals surface area contributed by atoms with Crippen molar-refractivity contribution in [2.75, 3.05) is 32.3 Å². The fraction of sp³-hybridized carbons (Fsp3) is 0.381. The highest BCUT2D eigenvalue weighted by molar-refractivity contribution is 8.00. The van der Waals surface area contributed by atoms with Gasteiger partial charge in [-0.3, -0.25) is 4.79 Å². The van der Waals surface area contributed by atoms with Crippen molar-refractivity contribution in [1.82, 2.24) is 5.32 Å². The first-order valence-corrected chi connectivity index (χ1v) is 10.2. The van der Waals surface area contributed by atoms with Crippen LogP contribution in [0.3, 0.4) is 0 Å². The molecule has 2 aromatic rings. The number of nitrogens with one attached hydrogen (secondary N) is 1. The van der Waals surface area contributed by atoms with E-state index in [-0.39, 0.29) is 18.1 Å². The Morgan fingerprint density at radius 2 is 1.81 bits per heavy atom. The molecule has 0 aliphatic carbocycles. The molecule has 2 heterocycles. The zero-order valence-electron chi connectivity index (χ0n) is 15.1. The molecule has 0 radical (unpaired) electrons. The topological polar surface area (TPSA) is 56.8 Å². The van der Waals surface area contributed by atoms with Gasteiger partial charge in [-0.1, -0.05) is 24.3 Å². The van der Waals surface area contributed by atoms with Crippen LogP contribution in [0.15, 0.2) is 53.4 Å². The van der Waals surface area contributed by atoms with Crippen LogP contribution >= 0.6 is 11.8 Å². The molecule has 2 aliphatic heterocycles. The molecule has 5 nitrogen and oxygen atoms in total. The van der Waals surface area contributed by atoms with E-state index in [1.54, 1.807) is 11.8 Å². The lowest BCUT2D eigenvalue weighted by Crippen LogP contribution is -2.45. The maximum absolute atomic E-state index is 12.4. The number of benzene rings is 2. The number of fused-ring (bicyclic) bond motifs is 1. The van der Waals surface area contributed by atoms with Gasteiger partial charge in [0, 0.05) is 30.1 Å². The first-order valence-electron chi connectivity index (χ1n) is 9.18. The Kier molecular flexibility index (Phi) is 5.55. The SMILES string of the molecule is O=C(CSc1ccccc1)NCC1(c2ccc3c(c2)OCO3)CCOCC1.